The largest absolute Gasteiger partial charge is 0.324 e. The van der Waals surface area contributed by atoms with Gasteiger partial charge in [0.2, 0.25) is 0 Å². The Bertz CT molecular complexity index is 279. The van der Waals surface area contributed by atoms with Crippen molar-refractivity contribution in [3.63, 3.8) is 0 Å². The van der Waals surface area contributed by atoms with E-state index in [2.05, 4.69) is 12.8 Å². The van der Waals surface area contributed by atoms with Crippen molar-refractivity contribution in [1.82, 2.24) is 0 Å². The van der Waals surface area contributed by atoms with Crippen molar-refractivity contribution >= 4 is 0 Å². The van der Waals surface area contributed by atoms with Gasteiger partial charge in [-0.2, -0.15) is 0 Å². The summed E-state index contributed by atoms with van der Waals surface area (Å²) in [6.45, 7) is 2.07. The molecule has 1 heteroatoms. The van der Waals surface area contributed by atoms with Gasteiger partial charge in [0.25, 0.3) is 0 Å². The SMILES string of the molecule is C#Cc1ccc([C@@H](N)CC)cc1. The Labute approximate surface area is 73.6 Å². The summed E-state index contributed by atoms with van der Waals surface area (Å²) in [6, 6.07) is 7.96. The first-order valence-corrected chi connectivity index (χ1v) is 4.10. The Balaban J connectivity index is 2.86. The Hall–Kier alpha value is -1.26. The van der Waals surface area contributed by atoms with E-state index in [1.807, 2.05) is 24.3 Å². The number of hydrogen-bond acceptors (Lipinski definition) is 1. The lowest BCUT2D eigenvalue weighted by molar-refractivity contribution is 0.699. The molecule has 0 saturated carbocycles. The third kappa shape index (κ3) is 1.87. The minimum Gasteiger partial charge on any atom is -0.324 e. The normalized spacial score (nSPS) is 12.1. The molecule has 0 heterocycles. The molecule has 0 aliphatic carbocycles. The van der Waals surface area contributed by atoms with Crippen LogP contribution in [0.4, 0.5) is 0 Å². The maximum Gasteiger partial charge on any atom is 0.0292 e. The molecule has 0 amide bonds. The van der Waals surface area contributed by atoms with Crippen molar-refractivity contribution in [3.05, 3.63) is 35.4 Å². The fourth-order valence-electron chi connectivity index (χ4n) is 1.06. The highest BCUT2D eigenvalue weighted by Gasteiger charge is 2.00. The van der Waals surface area contributed by atoms with Crippen molar-refractivity contribution < 1.29 is 0 Å². The van der Waals surface area contributed by atoms with E-state index in [-0.39, 0.29) is 6.04 Å². The van der Waals surface area contributed by atoms with Gasteiger partial charge in [0.1, 0.15) is 0 Å². The standard InChI is InChI=1S/C11H13N/c1-3-9-5-7-10(8-6-9)11(12)4-2/h1,5-8,11H,4,12H2,2H3/t11-/m0/s1. The van der Waals surface area contributed by atoms with Crippen molar-refractivity contribution in [3.8, 4) is 12.3 Å². The number of nitrogens with two attached hydrogens (primary N) is 1. The molecule has 0 aliphatic rings. The van der Waals surface area contributed by atoms with Crippen LogP contribution in [0.2, 0.25) is 0 Å². The first-order chi connectivity index (χ1) is 5.77. The van der Waals surface area contributed by atoms with Crippen LogP contribution in [0.25, 0.3) is 0 Å². The molecule has 62 valence electrons. The van der Waals surface area contributed by atoms with Crippen molar-refractivity contribution in [2.75, 3.05) is 0 Å². The van der Waals surface area contributed by atoms with Crippen molar-refractivity contribution in [1.29, 1.82) is 0 Å². The molecule has 0 saturated heterocycles. The van der Waals surface area contributed by atoms with Crippen LogP contribution in [0, 0.1) is 12.3 Å². The van der Waals surface area contributed by atoms with Gasteiger partial charge in [-0.15, -0.1) is 6.42 Å². The highest BCUT2D eigenvalue weighted by molar-refractivity contribution is 5.35. The highest BCUT2D eigenvalue weighted by Crippen LogP contribution is 2.13. The lowest BCUT2D eigenvalue weighted by atomic mass is 10.0. The van der Waals surface area contributed by atoms with Gasteiger partial charge in [0.05, 0.1) is 0 Å². The molecule has 0 bridgehead atoms. The molecule has 0 fully saturated rings. The van der Waals surface area contributed by atoms with E-state index >= 15 is 0 Å². The smallest absolute Gasteiger partial charge is 0.0292 e. The molecule has 0 radical (unpaired) electrons. The summed E-state index contributed by atoms with van der Waals surface area (Å²) in [5.41, 5.74) is 7.89. The fraction of sp³-hybridized carbons (Fsp3) is 0.273. The Morgan fingerprint density at radius 3 is 2.42 bits per heavy atom. The zero-order valence-electron chi connectivity index (χ0n) is 7.25. The maximum absolute atomic E-state index is 5.83. The van der Waals surface area contributed by atoms with Gasteiger partial charge in [-0.05, 0) is 24.1 Å². The highest BCUT2D eigenvalue weighted by atomic mass is 14.6. The Morgan fingerprint density at radius 1 is 1.42 bits per heavy atom. The summed E-state index contributed by atoms with van der Waals surface area (Å²) in [7, 11) is 0. The van der Waals surface area contributed by atoms with Crippen LogP contribution in [0.5, 0.6) is 0 Å². The molecular weight excluding hydrogens is 146 g/mol. The summed E-state index contributed by atoms with van der Waals surface area (Å²) in [5, 5.41) is 0. The zero-order chi connectivity index (χ0) is 8.97. The van der Waals surface area contributed by atoms with Crippen LogP contribution in [-0.2, 0) is 0 Å². The van der Waals surface area contributed by atoms with Gasteiger partial charge < -0.3 is 5.73 Å². The predicted octanol–water partition coefficient (Wildman–Crippen LogP) is 2.08. The summed E-state index contributed by atoms with van der Waals surface area (Å²) in [5.74, 6) is 2.57. The molecule has 2 N–H and O–H groups in total. The van der Waals surface area contributed by atoms with Crippen molar-refractivity contribution in [2.24, 2.45) is 5.73 Å². The average Bonchev–Trinajstić information content (AvgIpc) is 2.17. The summed E-state index contributed by atoms with van der Waals surface area (Å²) in [6.07, 6.45) is 6.18. The molecule has 1 rings (SSSR count). The van der Waals surface area contributed by atoms with E-state index in [1.54, 1.807) is 0 Å². The second-order valence-electron chi connectivity index (χ2n) is 2.78. The van der Waals surface area contributed by atoms with E-state index in [4.69, 9.17) is 12.2 Å². The number of hydrogen-bond donors (Lipinski definition) is 1. The number of benzene rings is 1. The van der Waals surface area contributed by atoms with Crippen LogP contribution in [-0.4, -0.2) is 0 Å². The lowest BCUT2D eigenvalue weighted by Gasteiger charge is -2.08. The van der Waals surface area contributed by atoms with Gasteiger partial charge >= 0.3 is 0 Å². The molecular formula is C11H13N. The van der Waals surface area contributed by atoms with Crippen molar-refractivity contribution in [2.45, 2.75) is 19.4 Å². The quantitative estimate of drug-likeness (QED) is 0.657. The molecule has 0 unspecified atom stereocenters. The monoisotopic (exact) mass is 159 g/mol. The second-order valence-corrected chi connectivity index (χ2v) is 2.78. The van der Waals surface area contributed by atoms with Gasteiger partial charge in [0, 0.05) is 11.6 Å². The van der Waals surface area contributed by atoms with E-state index in [9.17, 15) is 0 Å². The topological polar surface area (TPSA) is 26.0 Å². The molecule has 12 heavy (non-hydrogen) atoms. The average molecular weight is 159 g/mol. The van der Waals surface area contributed by atoms with E-state index in [0.717, 1.165) is 17.5 Å². The first-order valence-electron chi connectivity index (χ1n) is 4.10. The third-order valence-corrected chi connectivity index (χ3v) is 1.95. The van der Waals surface area contributed by atoms with Gasteiger partial charge in [0.15, 0.2) is 0 Å². The third-order valence-electron chi connectivity index (χ3n) is 1.95. The van der Waals surface area contributed by atoms with E-state index in [0.29, 0.717) is 0 Å². The zero-order valence-corrected chi connectivity index (χ0v) is 7.25. The maximum atomic E-state index is 5.83. The van der Waals surface area contributed by atoms with Crippen LogP contribution >= 0.6 is 0 Å². The Kier molecular flexibility index (Phi) is 2.90. The lowest BCUT2D eigenvalue weighted by Crippen LogP contribution is -2.08. The molecule has 1 aromatic carbocycles. The minimum absolute atomic E-state index is 0.136. The molecule has 0 spiro atoms. The fourth-order valence-corrected chi connectivity index (χ4v) is 1.06. The summed E-state index contributed by atoms with van der Waals surface area (Å²) >= 11 is 0. The van der Waals surface area contributed by atoms with Crippen LogP contribution in [0.15, 0.2) is 24.3 Å². The Morgan fingerprint density at radius 2 is 2.00 bits per heavy atom. The minimum atomic E-state index is 0.136. The number of terminal acetylenes is 1. The first kappa shape index (κ1) is 8.83. The van der Waals surface area contributed by atoms with Gasteiger partial charge in [-0.3, -0.25) is 0 Å². The molecule has 1 aromatic rings. The molecule has 1 atom stereocenters. The second kappa shape index (κ2) is 3.94. The number of rotatable bonds is 2. The molecule has 0 aliphatic heterocycles. The molecule has 1 nitrogen and oxygen atoms in total. The van der Waals surface area contributed by atoms with Crippen LogP contribution < -0.4 is 5.73 Å². The molecule has 0 aromatic heterocycles. The summed E-state index contributed by atoms with van der Waals surface area (Å²) < 4.78 is 0. The van der Waals surface area contributed by atoms with Crippen LogP contribution in [0.1, 0.15) is 30.5 Å². The van der Waals surface area contributed by atoms with Crippen LogP contribution in [0.3, 0.4) is 0 Å². The van der Waals surface area contributed by atoms with E-state index < -0.39 is 0 Å². The van der Waals surface area contributed by atoms with Gasteiger partial charge in [-0.25, -0.2) is 0 Å². The summed E-state index contributed by atoms with van der Waals surface area (Å²) in [4.78, 5) is 0. The van der Waals surface area contributed by atoms with E-state index in [1.165, 1.54) is 0 Å². The van der Waals surface area contributed by atoms with Gasteiger partial charge in [-0.1, -0.05) is 25.0 Å². The predicted molar refractivity (Wildman–Crippen MR) is 51.6 cm³/mol.